The van der Waals surface area contributed by atoms with E-state index in [-0.39, 0.29) is 40.4 Å². The van der Waals surface area contributed by atoms with Gasteiger partial charge in [0, 0.05) is 16.3 Å². The van der Waals surface area contributed by atoms with Crippen molar-refractivity contribution in [2.24, 2.45) is 11.0 Å². The lowest BCUT2D eigenvalue weighted by Gasteiger charge is -2.20. The monoisotopic (exact) mass is 554 g/mol. The quantitative estimate of drug-likeness (QED) is 0.126. The standard InChI is InChI=1S/C26H21F7N4O2/c1-13(2)5-21(24(38)39)16-6-14(15-7-18(27)12-20(9-15)36-37-34)8-19(10-16)35-23-11-17(25(28,29)30)3-4-22(23)26(31,32)33/h3-4,6-13,21,35H,5H2,1-2H3,(H,38,39). The van der Waals surface area contributed by atoms with Gasteiger partial charge in [-0.25, -0.2) is 4.39 Å². The average molecular weight is 554 g/mol. The van der Waals surface area contributed by atoms with E-state index in [9.17, 15) is 40.6 Å². The van der Waals surface area contributed by atoms with Crippen LogP contribution in [0.15, 0.2) is 59.7 Å². The number of nitrogens with zero attached hydrogens (tertiary/aromatic N) is 3. The van der Waals surface area contributed by atoms with Crippen molar-refractivity contribution in [3.05, 3.63) is 87.5 Å². The van der Waals surface area contributed by atoms with Gasteiger partial charge in [-0.1, -0.05) is 25.0 Å². The fraction of sp³-hybridized carbons (Fsp3) is 0.269. The smallest absolute Gasteiger partial charge is 0.418 e. The number of carbonyl (C=O) groups is 1. The van der Waals surface area contributed by atoms with Gasteiger partial charge >= 0.3 is 18.3 Å². The summed E-state index contributed by atoms with van der Waals surface area (Å²) in [5.41, 5.74) is 5.12. The van der Waals surface area contributed by atoms with Crippen LogP contribution in [-0.2, 0) is 17.1 Å². The number of carboxylic acids is 1. The first kappa shape index (κ1) is 29.3. The first-order chi connectivity index (χ1) is 18.1. The summed E-state index contributed by atoms with van der Waals surface area (Å²) < 4.78 is 95.1. The molecule has 6 nitrogen and oxygen atoms in total. The Kier molecular flexibility index (Phi) is 8.45. The molecule has 1 atom stereocenters. The van der Waals surface area contributed by atoms with Crippen molar-refractivity contribution in [1.82, 2.24) is 0 Å². The highest BCUT2D eigenvalue weighted by Gasteiger charge is 2.37. The molecule has 0 aliphatic carbocycles. The molecule has 1 unspecified atom stereocenters. The van der Waals surface area contributed by atoms with Gasteiger partial charge in [0.05, 0.1) is 22.7 Å². The topological polar surface area (TPSA) is 98.1 Å². The third-order valence-corrected chi connectivity index (χ3v) is 5.67. The number of hydrogen-bond acceptors (Lipinski definition) is 3. The summed E-state index contributed by atoms with van der Waals surface area (Å²) in [6, 6.07) is 7.99. The highest BCUT2D eigenvalue weighted by atomic mass is 19.4. The van der Waals surface area contributed by atoms with Gasteiger partial charge in [-0.3, -0.25) is 4.79 Å². The molecule has 0 amide bonds. The fourth-order valence-electron chi connectivity index (χ4n) is 4.02. The van der Waals surface area contributed by atoms with Gasteiger partial charge in [0.2, 0.25) is 0 Å². The molecule has 0 aromatic heterocycles. The van der Waals surface area contributed by atoms with E-state index in [2.05, 4.69) is 15.3 Å². The molecule has 2 N–H and O–H groups in total. The summed E-state index contributed by atoms with van der Waals surface area (Å²) >= 11 is 0. The molecule has 0 radical (unpaired) electrons. The van der Waals surface area contributed by atoms with Gasteiger partial charge in [0.1, 0.15) is 5.82 Å². The molecule has 0 fully saturated rings. The van der Waals surface area contributed by atoms with Crippen molar-refractivity contribution in [3.8, 4) is 11.1 Å². The van der Waals surface area contributed by atoms with E-state index < -0.39 is 46.9 Å². The Morgan fingerprint density at radius 3 is 2.21 bits per heavy atom. The van der Waals surface area contributed by atoms with Crippen LogP contribution < -0.4 is 5.32 Å². The van der Waals surface area contributed by atoms with Gasteiger partial charge in [-0.05, 0) is 83.1 Å². The Morgan fingerprint density at radius 2 is 1.64 bits per heavy atom. The first-order valence-corrected chi connectivity index (χ1v) is 11.4. The van der Waals surface area contributed by atoms with Crippen LogP contribution in [0.2, 0.25) is 0 Å². The van der Waals surface area contributed by atoms with Gasteiger partial charge in [0.25, 0.3) is 0 Å². The van der Waals surface area contributed by atoms with E-state index in [0.29, 0.717) is 18.2 Å². The molecule has 0 aliphatic rings. The van der Waals surface area contributed by atoms with Crippen LogP contribution in [-0.4, -0.2) is 11.1 Å². The molecule has 0 spiro atoms. The maximum Gasteiger partial charge on any atom is 0.418 e. The zero-order chi connectivity index (χ0) is 29.1. The molecule has 13 heteroatoms. The average Bonchev–Trinajstić information content (AvgIpc) is 2.80. The van der Waals surface area contributed by atoms with Crippen LogP contribution in [0.25, 0.3) is 21.6 Å². The second-order valence-corrected chi connectivity index (χ2v) is 9.13. The van der Waals surface area contributed by atoms with E-state index in [1.54, 1.807) is 13.8 Å². The number of alkyl halides is 6. The molecule has 206 valence electrons. The largest absolute Gasteiger partial charge is 0.481 e. The van der Waals surface area contributed by atoms with Crippen LogP contribution in [0.5, 0.6) is 0 Å². The van der Waals surface area contributed by atoms with Crippen LogP contribution in [0.4, 0.5) is 47.8 Å². The Balaban J connectivity index is 2.26. The minimum Gasteiger partial charge on any atom is -0.481 e. The lowest BCUT2D eigenvalue weighted by atomic mass is 9.88. The molecule has 3 rings (SSSR count). The minimum atomic E-state index is -5.01. The summed E-state index contributed by atoms with van der Waals surface area (Å²) in [6.45, 7) is 3.52. The summed E-state index contributed by atoms with van der Waals surface area (Å²) in [6.07, 6.45) is -9.82. The second kappa shape index (κ2) is 11.2. The van der Waals surface area contributed by atoms with Crippen LogP contribution in [0.1, 0.15) is 42.9 Å². The molecule has 0 saturated heterocycles. The van der Waals surface area contributed by atoms with Crippen molar-refractivity contribution in [3.63, 3.8) is 0 Å². The Labute approximate surface area is 217 Å². The number of halogens is 7. The number of azide groups is 1. The van der Waals surface area contributed by atoms with E-state index in [4.69, 9.17) is 5.53 Å². The first-order valence-electron chi connectivity index (χ1n) is 11.4. The molecule has 0 saturated carbocycles. The predicted molar refractivity (Wildman–Crippen MR) is 130 cm³/mol. The Hall–Kier alpha value is -4.25. The van der Waals surface area contributed by atoms with Gasteiger partial charge in [-0.15, -0.1) is 0 Å². The van der Waals surface area contributed by atoms with Crippen molar-refractivity contribution in [2.75, 3.05) is 5.32 Å². The molecule has 0 aliphatic heterocycles. The van der Waals surface area contributed by atoms with E-state index in [0.717, 1.165) is 12.1 Å². The number of hydrogen-bond donors (Lipinski definition) is 2. The predicted octanol–water partition coefficient (Wildman–Crippen LogP) is 9.43. The maximum atomic E-state index is 14.3. The summed E-state index contributed by atoms with van der Waals surface area (Å²) in [5.74, 6) is -3.31. The van der Waals surface area contributed by atoms with Crippen LogP contribution in [0, 0.1) is 11.7 Å². The number of nitrogens with one attached hydrogen (secondary N) is 1. The van der Waals surface area contributed by atoms with Gasteiger partial charge < -0.3 is 10.4 Å². The van der Waals surface area contributed by atoms with Crippen molar-refractivity contribution >= 4 is 23.0 Å². The number of aliphatic carboxylic acids is 1. The molecule has 3 aromatic rings. The van der Waals surface area contributed by atoms with Gasteiger partial charge in [-0.2, -0.15) is 26.3 Å². The molecule has 0 heterocycles. The van der Waals surface area contributed by atoms with E-state index in [1.807, 2.05) is 0 Å². The molecule has 3 aromatic carbocycles. The molecule has 0 bridgehead atoms. The van der Waals surface area contributed by atoms with Crippen LogP contribution >= 0.6 is 0 Å². The number of anilines is 2. The fourth-order valence-corrected chi connectivity index (χ4v) is 4.02. The Morgan fingerprint density at radius 1 is 0.974 bits per heavy atom. The van der Waals surface area contributed by atoms with Crippen molar-refractivity contribution in [1.29, 1.82) is 0 Å². The zero-order valence-electron chi connectivity index (χ0n) is 20.4. The summed E-state index contributed by atoms with van der Waals surface area (Å²) in [7, 11) is 0. The van der Waals surface area contributed by atoms with Gasteiger partial charge in [0.15, 0.2) is 0 Å². The zero-order valence-corrected chi connectivity index (χ0v) is 20.4. The van der Waals surface area contributed by atoms with E-state index >= 15 is 0 Å². The SMILES string of the molecule is CC(C)CC(C(=O)O)c1cc(Nc2cc(C(F)(F)F)ccc2C(F)(F)F)cc(-c2cc(F)cc(N=[N+]=[N-])c2)c1. The third kappa shape index (κ3) is 7.41. The summed E-state index contributed by atoms with van der Waals surface area (Å²) in [4.78, 5) is 14.7. The molecule has 39 heavy (non-hydrogen) atoms. The highest BCUT2D eigenvalue weighted by molar-refractivity contribution is 5.80. The summed E-state index contributed by atoms with van der Waals surface area (Å²) in [5, 5.41) is 15.5. The molecular formula is C26H21F7N4O2. The van der Waals surface area contributed by atoms with E-state index in [1.165, 1.54) is 24.3 Å². The third-order valence-electron chi connectivity index (χ3n) is 5.67. The number of carboxylic acid groups (broad SMARTS) is 1. The second-order valence-electron chi connectivity index (χ2n) is 9.13. The maximum absolute atomic E-state index is 14.3. The highest BCUT2D eigenvalue weighted by Crippen LogP contribution is 2.41. The number of rotatable bonds is 8. The van der Waals surface area contributed by atoms with Crippen molar-refractivity contribution < 1.29 is 40.6 Å². The van der Waals surface area contributed by atoms with Crippen LogP contribution in [0.3, 0.4) is 0 Å². The lowest BCUT2D eigenvalue weighted by Crippen LogP contribution is -2.15. The molecular weight excluding hydrogens is 533 g/mol. The lowest BCUT2D eigenvalue weighted by molar-refractivity contribution is -0.140. The minimum absolute atomic E-state index is 0.0936. The number of benzene rings is 3. The Bertz CT molecular complexity index is 1430. The van der Waals surface area contributed by atoms with Crippen molar-refractivity contribution in [2.45, 2.75) is 38.5 Å². The normalized spacial score (nSPS) is 12.7.